The molecule has 0 saturated heterocycles. The van der Waals surface area contributed by atoms with E-state index in [2.05, 4.69) is 4.99 Å². The van der Waals surface area contributed by atoms with Crippen LogP contribution in [0.15, 0.2) is 47.5 Å². The van der Waals surface area contributed by atoms with Gasteiger partial charge >= 0.3 is 0 Å². The summed E-state index contributed by atoms with van der Waals surface area (Å²) in [5, 5.41) is 11.6. The number of halogens is 1. The zero-order chi connectivity index (χ0) is 13.0. The summed E-state index contributed by atoms with van der Waals surface area (Å²) in [6.07, 6.45) is 1.63. The van der Waals surface area contributed by atoms with Crippen molar-refractivity contribution in [3.05, 3.63) is 53.8 Å². The van der Waals surface area contributed by atoms with Gasteiger partial charge in [0.05, 0.1) is 0 Å². The van der Waals surface area contributed by atoms with Crippen LogP contribution in [0.25, 0.3) is 0 Å². The van der Waals surface area contributed by atoms with Gasteiger partial charge in [-0.3, -0.25) is 4.99 Å². The number of phenols is 1. The fourth-order valence-electron chi connectivity index (χ4n) is 1.62. The molecule has 0 aliphatic rings. The predicted molar refractivity (Wildman–Crippen MR) is 75.6 cm³/mol. The van der Waals surface area contributed by atoms with E-state index in [4.69, 9.17) is 0 Å². The lowest BCUT2D eigenvalue weighted by Gasteiger charge is -2.08. The van der Waals surface area contributed by atoms with Gasteiger partial charge in [0.2, 0.25) is 0 Å². The van der Waals surface area contributed by atoms with Gasteiger partial charge in [-0.2, -0.15) is 0 Å². The smallest absolute Gasteiger partial charge is 0.123 e. The van der Waals surface area contributed by atoms with Crippen molar-refractivity contribution in [2.45, 2.75) is 0 Å². The van der Waals surface area contributed by atoms with Crippen LogP contribution in [0, 0.1) is 5.82 Å². The number of nitrogens with zero attached hydrogens (tertiary/aromatic N) is 1. The van der Waals surface area contributed by atoms with Crippen molar-refractivity contribution in [1.29, 1.82) is 0 Å². The van der Waals surface area contributed by atoms with Gasteiger partial charge in [-0.05, 0) is 23.5 Å². The average molecular weight is 261 g/mol. The molecule has 1 atom stereocenters. The van der Waals surface area contributed by atoms with E-state index in [0.717, 1.165) is 16.2 Å². The van der Waals surface area contributed by atoms with E-state index in [1.54, 1.807) is 31.5 Å². The molecule has 0 aliphatic carbocycles. The average Bonchev–Trinajstić information content (AvgIpc) is 2.35. The molecule has 0 aliphatic heterocycles. The first-order chi connectivity index (χ1) is 8.70. The monoisotopic (exact) mass is 261 g/mol. The maximum Gasteiger partial charge on any atom is 0.123 e. The molecule has 0 saturated carbocycles. The molecule has 2 rings (SSSR count). The first kappa shape index (κ1) is 12.7. The maximum absolute atomic E-state index is 13.2. The summed E-state index contributed by atoms with van der Waals surface area (Å²) in [6, 6.07) is 11.8. The fraction of sp³-hybridized carbons (Fsp3) is 0.0714. The van der Waals surface area contributed by atoms with Crippen LogP contribution in [0.2, 0.25) is 0 Å². The van der Waals surface area contributed by atoms with Gasteiger partial charge in [0.15, 0.2) is 0 Å². The number of aliphatic imine (C=N–C) groups is 1. The molecule has 0 heterocycles. The molecular weight excluding hydrogens is 248 g/mol. The number of benzene rings is 2. The third kappa shape index (κ3) is 2.93. The van der Waals surface area contributed by atoms with Crippen LogP contribution >= 0.6 is 8.58 Å². The van der Waals surface area contributed by atoms with Crippen LogP contribution in [0.4, 0.5) is 4.39 Å². The highest BCUT2D eigenvalue weighted by Gasteiger charge is 2.06. The lowest BCUT2D eigenvalue weighted by molar-refractivity contribution is 0.480. The van der Waals surface area contributed by atoms with E-state index < -0.39 is 0 Å². The second kappa shape index (κ2) is 5.74. The third-order valence-electron chi connectivity index (χ3n) is 2.46. The van der Waals surface area contributed by atoms with Crippen LogP contribution < -0.4 is 10.6 Å². The predicted octanol–water partition coefficient (Wildman–Crippen LogP) is 2.21. The van der Waals surface area contributed by atoms with Gasteiger partial charge in [-0.15, -0.1) is 0 Å². The highest BCUT2D eigenvalue weighted by Crippen LogP contribution is 2.19. The number of hydrogen-bond acceptors (Lipinski definition) is 2. The molecule has 2 aromatic carbocycles. The van der Waals surface area contributed by atoms with Gasteiger partial charge < -0.3 is 5.11 Å². The number of para-hydroxylation sites is 1. The van der Waals surface area contributed by atoms with E-state index in [1.165, 1.54) is 12.1 Å². The molecule has 0 radical (unpaired) electrons. The summed E-state index contributed by atoms with van der Waals surface area (Å²) >= 11 is 0. The number of phenolic OH excluding ortho intramolecular Hbond substituents is 1. The Morgan fingerprint density at radius 2 is 1.94 bits per heavy atom. The van der Waals surface area contributed by atoms with E-state index >= 15 is 0 Å². The topological polar surface area (TPSA) is 32.6 Å². The summed E-state index contributed by atoms with van der Waals surface area (Å²) < 4.78 is 13.2. The normalized spacial score (nSPS) is 11.7. The minimum Gasteiger partial charge on any atom is -0.507 e. The molecule has 4 heteroatoms. The van der Waals surface area contributed by atoms with Crippen LogP contribution in [0.1, 0.15) is 5.56 Å². The molecule has 92 valence electrons. The Labute approximate surface area is 107 Å². The third-order valence-corrected chi connectivity index (χ3v) is 3.87. The number of aromatic hydroxyl groups is 1. The summed E-state index contributed by atoms with van der Waals surface area (Å²) in [5.41, 5.74) is 0.749. The molecule has 0 fully saturated rings. The number of rotatable bonds is 3. The largest absolute Gasteiger partial charge is 0.507 e. The lowest BCUT2D eigenvalue weighted by Crippen LogP contribution is -2.09. The van der Waals surface area contributed by atoms with Crippen molar-refractivity contribution in [2.75, 3.05) is 7.05 Å². The van der Waals surface area contributed by atoms with E-state index in [0.29, 0.717) is 0 Å². The van der Waals surface area contributed by atoms with Crippen molar-refractivity contribution in [2.24, 2.45) is 4.99 Å². The van der Waals surface area contributed by atoms with E-state index in [-0.39, 0.29) is 20.1 Å². The number of hydrogen-bond donors (Lipinski definition) is 1. The first-order valence-corrected chi connectivity index (χ1v) is 6.47. The molecular formula is C14H13FNOP. The second-order valence-corrected chi connectivity index (χ2v) is 5.09. The SMILES string of the molecule is C/N=C/c1cc(F)ccc1Pc1ccccc1O. The van der Waals surface area contributed by atoms with E-state index in [9.17, 15) is 9.50 Å². The highest BCUT2D eigenvalue weighted by molar-refractivity contribution is 7.56. The molecule has 0 amide bonds. The van der Waals surface area contributed by atoms with Gasteiger partial charge in [-0.1, -0.05) is 32.8 Å². The Morgan fingerprint density at radius 1 is 1.17 bits per heavy atom. The standard InChI is InChI=1S/C14H13FNOP/c1-16-9-10-8-11(15)6-7-13(10)18-14-5-3-2-4-12(14)17/h2-9,17-18H,1H3/b16-9+. The molecule has 2 aromatic rings. The second-order valence-electron chi connectivity index (χ2n) is 3.76. The van der Waals surface area contributed by atoms with Gasteiger partial charge in [0.1, 0.15) is 11.6 Å². The summed E-state index contributed by atoms with van der Waals surface area (Å²) in [4.78, 5) is 3.92. The van der Waals surface area contributed by atoms with Gasteiger partial charge in [0, 0.05) is 24.1 Å². The molecule has 1 unspecified atom stereocenters. The summed E-state index contributed by atoms with van der Waals surface area (Å²) in [7, 11) is 1.92. The van der Waals surface area contributed by atoms with Crippen LogP contribution in [0.3, 0.4) is 0 Å². The first-order valence-electron chi connectivity index (χ1n) is 5.47. The van der Waals surface area contributed by atoms with Crippen molar-refractivity contribution in [1.82, 2.24) is 0 Å². The zero-order valence-corrected chi connectivity index (χ0v) is 10.9. The van der Waals surface area contributed by atoms with Crippen molar-refractivity contribution < 1.29 is 9.50 Å². The minimum atomic E-state index is -0.282. The van der Waals surface area contributed by atoms with Gasteiger partial charge in [-0.25, -0.2) is 4.39 Å². The minimum absolute atomic E-state index is 0.263. The summed E-state index contributed by atoms with van der Waals surface area (Å²) in [5.74, 6) is -0.0183. The molecule has 0 spiro atoms. The Hall–Kier alpha value is -1.73. The Morgan fingerprint density at radius 3 is 2.67 bits per heavy atom. The lowest BCUT2D eigenvalue weighted by atomic mass is 10.2. The molecule has 0 bridgehead atoms. The zero-order valence-electron chi connectivity index (χ0n) is 9.89. The highest BCUT2D eigenvalue weighted by atomic mass is 31.1. The van der Waals surface area contributed by atoms with Gasteiger partial charge in [0.25, 0.3) is 0 Å². The van der Waals surface area contributed by atoms with Crippen LogP contribution in [0.5, 0.6) is 5.75 Å². The molecule has 18 heavy (non-hydrogen) atoms. The van der Waals surface area contributed by atoms with Crippen molar-refractivity contribution in [3.63, 3.8) is 0 Å². The van der Waals surface area contributed by atoms with Crippen molar-refractivity contribution >= 4 is 25.4 Å². The molecule has 2 nitrogen and oxygen atoms in total. The maximum atomic E-state index is 13.2. The van der Waals surface area contributed by atoms with Crippen molar-refractivity contribution in [3.8, 4) is 5.75 Å². The molecule has 1 N–H and O–H groups in total. The van der Waals surface area contributed by atoms with Crippen LogP contribution in [-0.4, -0.2) is 18.4 Å². The quantitative estimate of drug-likeness (QED) is 0.667. The van der Waals surface area contributed by atoms with E-state index in [1.807, 2.05) is 12.1 Å². The van der Waals surface area contributed by atoms with Crippen LogP contribution in [-0.2, 0) is 0 Å². The summed E-state index contributed by atoms with van der Waals surface area (Å²) in [6.45, 7) is 0. The Kier molecular flexibility index (Phi) is 4.06. The Balaban J connectivity index is 2.37. The Bertz CT molecular complexity index is 584. The molecule has 0 aromatic heterocycles. The fourth-order valence-corrected chi connectivity index (χ4v) is 2.75.